The minimum Gasteiger partial charge on any atom is -0.388 e. The maximum Gasteiger partial charge on any atom is 0.125 e. The summed E-state index contributed by atoms with van der Waals surface area (Å²) in [6.45, 7) is 1.82. The Bertz CT molecular complexity index is 255. The lowest BCUT2D eigenvalue weighted by molar-refractivity contribution is 0.173. The smallest absolute Gasteiger partial charge is 0.125 e. The van der Waals surface area contributed by atoms with Gasteiger partial charge in [-0.15, -0.1) is 0 Å². The fraction of sp³-hybridized carbons (Fsp3) is 0.333. The number of halogens is 2. The first-order valence-electron chi connectivity index (χ1n) is 3.77. The van der Waals surface area contributed by atoms with Crippen LogP contribution in [0.15, 0.2) is 18.2 Å². The molecule has 1 nitrogen and oxygen atoms in total. The first-order chi connectivity index (χ1) is 5.63. The van der Waals surface area contributed by atoms with Crippen LogP contribution in [0.3, 0.4) is 0 Å². The van der Waals surface area contributed by atoms with Crippen LogP contribution in [0.25, 0.3) is 0 Å². The summed E-state index contributed by atoms with van der Waals surface area (Å²) in [7, 11) is 0. The summed E-state index contributed by atoms with van der Waals surface area (Å²) in [4.78, 5) is 0. The average Bonchev–Trinajstić information content (AvgIpc) is 2.01. The minimum atomic E-state index is -0.627. The molecule has 0 amide bonds. The van der Waals surface area contributed by atoms with Gasteiger partial charge in [-0.1, -0.05) is 18.5 Å². The maximum atomic E-state index is 12.7. The predicted molar refractivity (Wildman–Crippen MR) is 46.7 cm³/mol. The molecule has 1 N–H and O–H groups in total. The van der Waals surface area contributed by atoms with E-state index in [1.165, 1.54) is 12.1 Å². The van der Waals surface area contributed by atoms with E-state index in [4.69, 9.17) is 11.6 Å². The van der Waals surface area contributed by atoms with Crippen molar-refractivity contribution in [2.75, 3.05) is 0 Å². The molecular weight excluding hydrogens is 179 g/mol. The van der Waals surface area contributed by atoms with Crippen molar-refractivity contribution in [1.29, 1.82) is 0 Å². The van der Waals surface area contributed by atoms with E-state index in [1.807, 2.05) is 6.92 Å². The molecule has 0 saturated carbocycles. The highest BCUT2D eigenvalue weighted by Gasteiger charge is 2.06. The number of rotatable bonds is 2. The van der Waals surface area contributed by atoms with Gasteiger partial charge < -0.3 is 5.11 Å². The molecule has 1 aromatic carbocycles. The lowest BCUT2D eigenvalue weighted by atomic mass is 10.1. The molecule has 0 heterocycles. The van der Waals surface area contributed by atoms with Crippen LogP contribution in [0.4, 0.5) is 4.39 Å². The molecular formula is C9H10ClFO. The fourth-order valence-electron chi connectivity index (χ4n) is 1.00. The molecule has 1 unspecified atom stereocenters. The third-order valence-electron chi connectivity index (χ3n) is 1.66. The molecule has 0 bridgehead atoms. The summed E-state index contributed by atoms with van der Waals surface area (Å²) in [6, 6.07) is 4.08. The quantitative estimate of drug-likeness (QED) is 0.757. The molecule has 0 spiro atoms. The van der Waals surface area contributed by atoms with E-state index in [0.717, 1.165) is 0 Å². The van der Waals surface area contributed by atoms with E-state index in [-0.39, 0.29) is 0 Å². The van der Waals surface area contributed by atoms with E-state index in [2.05, 4.69) is 0 Å². The van der Waals surface area contributed by atoms with Crippen molar-refractivity contribution in [3.8, 4) is 0 Å². The highest BCUT2D eigenvalue weighted by atomic mass is 35.5. The van der Waals surface area contributed by atoms with Crippen LogP contribution in [0, 0.1) is 5.82 Å². The van der Waals surface area contributed by atoms with Crippen LogP contribution in [0.1, 0.15) is 25.0 Å². The minimum absolute atomic E-state index is 0.317. The normalized spacial score (nSPS) is 13.0. The Labute approximate surface area is 75.8 Å². The van der Waals surface area contributed by atoms with E-state index in [1.54, 1.807) is 6.07 Å². The second-order valence-electron chi connectivity index (χ2n) is 2.63. The summed E-state index contributed by atoms with van der Waals surface area (Å²) < 4.78 is 12.7. The largest absolute Gasteiger partial charge is 0.388 e. The number of hydrogen-bond donors (Lipinski definition) is 1. The summed E-state index contributed by atoms with van der Waals surface area (Å²) >= 11 is 5.60. The van der Waals surface area contributed by atoms with Gasteiger partial charge in [0.25, 0.3) is 0 Å². The molecule has 0 fully saturated rings. The highest BCUT2D eigenvalue weighted by Crippen LogP contribution is 2.21. The van der Waals surface area contributed by atoms with Crippen molar-refractivity contribution in [2.45, 2.75) is 19.4 Å². The second-order valence-corrected chi connectivity index (χ2v) is 3.06. The number of aliphatic hydroxyl groups is 1. The molecule has 3 heteroatoms. The van der Waals surface area contributed by atoms with Crippen LogP contribution < -0.4 is 0 Å². The molecule has 0 aliphatic rings. The number of hydrogen-bond acceptors (Lipinski definition) is 1. The Hall–Kier alpha value is -0.600. The van der Waals surface area contributed by atoms with Crippen molar-refractivity contribution in [1.82, 2.24) is 0 Å². The van der Waals surface area contributed by atoms with Crippen molar-refractivity contribution >= 4 is 11.6 Å². The van der Waals surface area contributed by atoms with Crippen LogP contribution in [-0.2, 0) is 0 Å². The van der Waals surface area contributed by atoms with E-state index in [9.17, 15) is 9.50 Å². The molecule has 0 aliphatic heterocycles. The molecule has 0 aliphatic carbocycles. The maximum absolute atomic E-state index is 12.7. The van der Waals surface area contributed by atoms with Gasteiger partial charge in [-0.05, 0) is 30.2 Å². The Kier molecular flexibility index (Phi) is 3.06. The van der Waals surface area contributed by atoms with Gasteiger partial charge in [0.05, 0.1) is 6.10 Å². The van der Waals surface area contributed by atoms with Crippen LogP contribution in [0.5, 0.6) is 0 Å². The van der Waals surface area contributed by atoms with Gasteiger partial charge in [-0.3, -0.25) is 0 Å². The van der Waals surface area contributed by atoms with Crippen LogP contribution in [-0.4, -0.2) is 5.11 Å². The summed E-state index contributed by atoms with van der Waals surface area (Å²) in [6.07, 6.45) is -0.0713. The molecule has 0 radical (unpaired) electrons. The second kappa shape index (κ2) is 3.87. The Morgan fingerprint density at radius 1 is 1.50 bits per heavy atom. The van der Waals surface area contributed by atoms with Crippen molar-refractivity contribution < 1.29 is 9.50 Å². The topological polar surface area (TPSA) is 20.2 Å². The number of aliphatic hydroxyl groups excluding tert-OH is 1. The fourth-order valence-corrected chi connectivity index (χ4v) is 1.23. The lowest BCUT2D eigenvalue weighted by Crippen LogP contribution is -1.95. The first-order valence-corrected chi connectivity index (χ1v) is 4.15. The Morgan fingerprint density at radius 2 is 2.17 bits per heavy atom. The summed E-state index contributed by atoms with van der Waals surface area (Å²) in [5.74, 6) is -0.412. The zero-order valence-corrected chi connectivity index (χ0v) is 7.48. The Balaban J connectivity index is 3.00. The third-order valence-corrected chi connectivity index (χ3v) is 1.87. The zero-order chi connectivity index (χ0) is 9.14. The lowest BCUT2D eigenvalue weighted by Gasteiger charge is -2.07. The zero-order valence-electron chi connectivity index (χ0n) is 6.72. The van der Waals surface area contributed by atoms with Gasteiger partial charge in [0.1, 0.15) is 5.82 Å². The van der Waals surface area contributed by atoms with Crippen molar-refractivity contribution in [3.05, 3.63) is 34.6 Å². The molecule has 12 heavy (non-hydrogen) atoms. The van der Waals surface area contributed by atoms with E-state index in [0.29, 0.717) is 17.0 Å². The Morgan fingerprint density at radius 3 is 2.67 bits per heavy atom. The molecule has 0 saturated heterocycles. The molecule has 0 aromatic heterocycles. The average molecular weight is 189 g/mol. The first kappa shape index (κ1) is 9.49. The third kappa shape index (κ3) is 2.19. The highest BCUT2D eigenvalue weighted by molar-refractivity contribution is 6.30. The predicted octanol–water partition coefficient (Wildman–Crippen LogP) is 2.92. The van der Waals surface area contributed by atoms with E-state index >= 15 is 0 Å². The molecule has 1 atom stereocenters. The van der Waals surface area contributed by atoms with Gasteiger partial charge in [0.15, 0.2) is 0 Å². The van der Waals surface area contributed by atoms with E-state index < -0.39 is 11.9 Å². The van der Waals surface area contributed by atoms with Crippen LogP contribution >= 0.6 is 11.6 Å². The summed E-state index contributed by atoms with van der Waals surface area (Å²) in [5.41, 5.74) is 0.530. The molecule has 66 valence electrons. The number of benzene rings is 1. The van der Waals surface area contributed by atoms with Gasteiger partial charge in [-0.2, -0.15) is 0 Å². The van der Waals surface area contributed by atoms with Crippen molar-refractivity contribution in [3.63, 3.8) is 0 Å². The van der Waals surface area contributed by atoms with Gasteiger partial charge >= 0.3 is 0 Å². The van der Waals surface area contributed by atoms with Gasteiger partial charge in [0, 0.05) is 5.02 Å². The van der Waals surface area contributed by atoms with Crippen molar-refractivity contribution in [2.24, 2.45) is 0 Å². The monoisotopic (exact) mass is 188 g/mol. The van der Waals surface area contributed by atoms with Gasteiger partial charge in [0.2, 0.25) is 0 Å². The SMILES string of the molecule is CCC(O)c1cc(F)cc(Cl)c1. The molecule has 1 rings (SSSR count). The standard InChI is InChI=1S/C9H10ClFO/c1-2-9(12)6-3-7(10)5-8(11)4-6/h3-5,9,12H,2H2,1H3. The van der Waals surface area contributed by atoms with Gasteiger partial charge in [-0.25, -0.2) is 4.39 Å². The molecule has 1 aromatic rings. The van der Waals surface area contributed by atoms with Crippen LogP contribution in [0.2, 0.25) is 5.02 Å². The summed E-state index contributed by atoms with van der Waals surface area (Å²) in [5, 5.41) is 9.67.